The Labute approximate surface area is 133 Å². The number of fused-ring (bicyclic) bond motifs is 1. The summed E-state index contributed by atoms with van der Waals surface area (Å²) in [5.41, 5.74) is 2.63. The SMILES string of the molecule is O=C(O)c1ccc2c(c1)CCCN2C(=O)OCc1cccnc1. The van der Waals surface area contributed by atoms with Crippen molar-refractivity contribution in [3.8, 4) is 0 Å². The summed E-state index contributed by atoms with van der Waals surface area (Å²) in [6, 6.07) is 8.42. The number of carbonyl (C=O) groups excluding carboxylic acids is 1. The van der Waals surface area contributed by atoms with Crippen molar-refractivity contribution in [3.63, 3.8) is 0 Å². The van der Waals surface area contributed by atoms with E-state index in [2.05, 4.69) is 4.98 Å². The van der Waals surface area contributed by atoms with Crippen LogP contribution in [0.2, 0.25) is 0 Å². The highest BCUT2D eigenvalue weighted by Crippen LogP contribution is 2.28. The van der Waals surface area contributed by atoms with E-state index in [0.29, 0.717) is 6.54 Å². The molecule has 1 aliphatic heterocycles. The zero-order chi connectivity index (χ0) is 16.2. The van der Waals surface area contributed by atoms with Crippen LogP contribution in [0.3, 0.4) is 0 Å². The van der Waals surface area contributed by atoms with Crippen molar-refractivity contribution in [2.24, 2.45) is 0 Å². The molecule has 0 saturated carbocycles. The van der Waals surface area contributed by atoms with Crippen molar-refractivity contribution in [1.82, 2.24) is 4.98 Å². The number of nitrogens with zero attached hydrogens (tertiary/aromatic N) is 2. The molecule has 1 N–H and O–H groups in total. The first-order valence-electron chi connectivity index (χ1n) is 7.34. The minimum Gasteiger partial charge on any atom is -0.478 e. The topological polar surface area (TPSA) is 79.7 Å². The number of amides is 1. The Bertz CT molecular complexity index is 731. The highest BCUT2D eigenvalue weighted by atomic mass is 16.6. The second-order valence-corrected chi connectivity index (χ2v) is 5.32. The van der Waals surface area contributed by atoms with Crippen molar-refractivity contribution in [3.05, 3.63) is 59.4 Å². The minimum atomic E-state index is -0.968. The van der Waals surface area contributed by atoms with E-state index >= 15 is 0 Å². The first-order valence-corrected chi connectivity index (χ1v) is 7.34. The predicted molar refractivity (Wildman–Crippen MR) is 83.5 cm³/mol. The van der Waals surface area contributed by atoms with Crippen molar-refractivity contribution in [1.29, 1.82) is 0 Å². The second kappa shape index (κ2) is 6.48. The molecule has 118 valence electrons. The van der Waals surface area contributed by atoms with Gasteiger partial charge in [-0.25, -0.2) is 9.59 Å². The Balaban J connectivity index is 1.74. The van der Waals surface area contributed by atoms with Crippen LogP contribution >= 0.6 is 0 Å². The molecular formula is C17H16N2O4. The highest BCUT2D eigenvalue weighted by Gasteiger charge is 2.24. The van der Waals surface area contributed by atoms with Gasteiger partial charge < -0.3 is 9.84 Å². The van der Waals surface area contributed by atoms with Gasteiger partial charge in [-0.2, -0.15) is 0 Å². The number of pyridine rings is 1. The molecule has 1 aliphatic rings. The molecule has 0 unspecified atom stereocenters. The molecule has 6 heteroatoms. The van der Waals surface area contributed by atoms with Gasteiger partial charge in [0.1, 0.15) is 6.61 Å². The van der Waals surface area contributed by atoms with Gasteiger partial charge in [-0.3, -0.25) is 9.88 Å². The number of hydrogen-bond acceptors (Lipinski definition) is 4. The molecule has 0 aliphatic carbocycles. The quantitative estimate of drug-likeness (QED) is 0.942. The van der Waals surface area contributed by atoms with Gasteiger partial charge >= 0.3 is 12.1 Å². The summed E-state index contributed by atoms with van der Waals surface area (Å²) in [6.45, 7) is 0.719. The number of carboxylic acids is 1. The Kier molecular flexibility index (Phi) is 4.23. The van der Waals surface area contributed by atoms with Crippen LogP contribution in [0.4, 0.5) is 10.5 Å². The molecule has 0 spiro atoms. The fraction of sp³-hybridized carbons (Fsp3) is 0.235. The number of rotatable bonds is 3. The number of aryl methyl sites for hydroxylation is 1. The normalized spacial score (nSPS) is 13.3. The molecule has 2 aromatic rings. The van der Waals surface area contributed by atoms with Gasteiger partial charge in [-0.1, -0.05) is 6.07 Å². The Morgan fingerprint density at radius 3 is 2.91 bits per heavy atom. The third-order valence-electron chi connectivity index (χ3n) is 3.75. The average molecular weight is 312 g/mol. The minimum absolute atomic E-state index is 0.158. The smallest absolute Gasteiger partial charge is 0.414 e. The fourth-order valence-corrected chi connectivity index (χ4v) is 2.63. The molecule has 1 amide bonds. The van der Waals surface area contributed by atoms with Crippen LogP contribution in [-0.2, 0) is 17.8 Å². The second-order valence-electron chi connectivity index (χ2n) is 5.32. The van der Waals surface area contributed by atoms with Crippen LogP contribution in [0.25, 0.3) is 0 Å². The van der Waals surface area contributed by atoms with E-state index in [-0.39, 0.29) is 12.2 Å². The molecule has 2 heterocycles. The predicted octanol–water partition coefficient (Wildman–Crippen LogP) is 2.87. The fourth-order valence-electron chi connectivity index (χ4n) is 2.63. The van der Waals surface area contributed by atoms with Crippen molar-refractivity contribution >= 4 is 17.7 Å². The third kappa shape index (κ3) is 3.31. The van der Waals surface area contributed by atoms with Crippen LogP contribution in [0, 0.1) is 0 Å². The van der Waals surface area contributed by atoms with Crippen molar-refractivity contribution < 1.29 is 19.4 Å². The average Bonchev–Trinajstić information content (AvgIpc) is 2.59. The number of hydrogen-bond donors (Lipinski definition) is 1. The molecule has 6 nitrogen and oxygen atoms in total. The largest absolute Gasteiger partial charge is 0.478 e. The standard InChI is InChI=1S/C17H16N2O4/c20-16(21)14-5-6-15-13(9-14)4-2-8-19(15)17(22)23-11-12-3-1-7-18-10-12/h1,3,5-7,9-10H,2,4,8,11H2,(H,20,21). The number of anilines is 1. The lowest BCUT2D eigenvalue weighted by atomic mass is 9.99. The van der Waals surface area contributed by atoms with E-state index in [1.165, 1.54) is 6.07 Å². The lowest BCUT2D eigenvalue weighted by Gasteiger charge is -2.28. The summed E-state index contributed by atoms with van der Waals surface area (Å²) in [4.78, 5) is 28.9. The van der Waals surface area contributed by atoms with Gasteiger partial charge in [0.2, 0.25) is 0 Å². The number of carboxylic acid groups (broad SMARTS) is 1. The molecule has 0 radical (unpaired) electrons. The summed E-state index contributed by atoms with van der Waals surface area (Å²) >= 11 is 0. The molecular weight excluding hydrogens is 296 g/mol. The summed E-state index contributed by atoms with van der Waals surface area (Å²) in [7, 11) is 0. The van der Waals surface area contributed by atoms with Gasteiger partial charge in [-0.05, 0) is 42.7 Å². The molecule has 1 aromatic carbocycles. The molecule has 23 heavy (non-hydrogen) atoms. The molecule has 0 bridgehead atoms. The number of benzene rings is 1. The highest BCUT2D eigenvalue weighted by molar-refractivity contribution is 5.92. The molecule has 0 fully saturated rings. The summed E-state index contributed by atoms with van der Waals surface area (Å²) in [6.07, 6.45) is 4.40. The first-order chi connectivity index (χ1) is 11.1. The van der Waals surface area contributed by atoms with Gasteiger partial charge in [0, 0.05) is 24.5 Å². The van der Waals surface area contributed by atoms with E-state index in [4.69, 9.17) is 9.84 Å². The van der Waals surface area contributed by atoms with Gasteiger partial charge in [0.15, 0.2) is 0 Å². The third-order valence-corrected chi connectivity index (χ3v) is 3.75. The Morgan fingerprint density at radius 2 is 2.17 bits per heavy atom. The molecule has 3 rings (SSSR count). The lowest BCUT2D eigenvalue weighted by Crippen LogP contribution is -2.36. The van der Waals surface area contributed by atoms with Crippen molar-refractivity contribution in [2.45, 2.75) is 19.4 Å². The summed E-state index contributed by atoms with van der Waals surface area (Å²) < 4.78 is 5.33. The number of aromatic nitrogens is 1. The molecule has 0 saturated heterocycles. The molecule has 0 atom stereocenters. The summed E-state index contributed by atoms with van der Waals surface area (Å²) in [5, 5.41) is 9.06. The van der Waals surface area contributed by atoms with Crippen molar-refractivity contribution in [2.75, 3.05) is 11.4 Å². The number of ether oxygens (including phenoxy) is 1. The Hall–Kier alpha value is -2.89. The zero-order valence-electron chi connectivity index (χ0n) is 12.4. The van der Waals surface area contributed by atoms with Crippen LogP contribution < -0.4 is 4.90 Å². The van der Waals surface area contributed by atoms with Crippen LogP contribution in [0.5, 0.6) is 0 Å². The zero-order valence-corrected chi connectivity index (χ0v) is 12.4. The van der Waals surface area contributed by atoms with Gasteiger partial charge in [0.25, 0.3) is 0 Å². The maximum atomic E-state index is 12.3. The Morgan fingerprint density at radius 1 is 1.30 bits per heavy atom. The van der Waals surface area contributed by atoms with Crippen LogP contribution in [0.1, 0.15) is 27.9 Å². The van der Waals surface area contributed by atoms with E-state index < -0.39 is 12.1 Å². The van der Waals surface area contributed by atoms with E-state index in [0.717, 1.165) is 29.7 Å². The maximum absolute atomic E-state index is 12.3. The summed E-state index contributed by atoms with van der Waals surface area (Å²) in [5.74, 6) is -0.968. The van der Waals surface area contributed by atoms with Gasteiger partial charge in [-0.15, -0.1) is 0 Å². The number of carbonyl (C=O) groups is 2. The van der Waals surface area contributed by atoms with Crippen LogP contribution in [0.15, 0.2) is 42.7 Å². The first kappa shape index (κ1) is 15.0. The monoisotopic (exact) mass is 312 g/mol. The van der Waals surface area contributed by atoms with E-state index in [1.54, 1.807) is 35.5 Å². The van der Waals surface area contributed by atoms with Gasteiger partial charge in [0.05, 0.1) is 11.3 Å². The van der Waals surface area contributed by atoms with E-state index in [1.807, 2.05) is 6.07 Å². The lowest BCUT2D eigenvalue weighted by molar-refractivity contribution is 0.0696. The number of aromatic carboxylic acids is 1. The maximum Gasteiger partial charge on any atom is 0.414 e. The van der Waals surface area contributed by atoms with E-state index in [9.17, 15) is 9.59 Å². The molecule has 1 aromatic heterocycles. The van der Waals surface area contributed by atoms with Crippen LogP contribution in [-0.4, -0.2) is 28.7 Å².